The second-order valence-electron chi connectivity index (χ2n) is 5.37. The lowest BCUT2D eigenvalue weighted by atomic mass is 10.1. The Balaban J connectivity index is 1.99. The molecule has 1 N–H and O–H groups in total. The number of rotatable bonds is 8. The van der Waals surface area contributed by atoms with Crippen molar-refractivity contribution in [2.75, 3.05) is 18.0 Å². The summed E-state index contributed by atoms with van der Waals surface area (Å²) in [4.78, 5) is 2.37. The summed E-state index contributed by atoms with van der Waals surface area (Å²) in [5, 5.41) is 4.41. The minimum Gasteiger partial charge on any atom is -0.371 e. The van der Waals surface area contributed by atoms with Gasteiger partial charge in [-0.15, -0.1) is 0 Å². The summed E-state index contributed by atoms with van der Waals surface area (Å²) in [5.74, 6) is 0. The molecule has 0 heterocycles. The molecule has 2 rings (SSSR count). The third-order valence-corrected chi connectivity index (χ3v) is 3.99. The van der Waals surface area contributed by atoms with Crippen molar-refractivity contribution < 1.29 is 0 Å². The van der Waals surface area contributed by atoms with Crippen LogP contribution in [0.25, 0.3) is 0 Å². The molecule has 0 unspecified atom stereocenters. The standard InChI is InChI=1S/C16H25ClN2/c1-3-5-10-19(4-2)16-9-6-13(11-15(16)17)12-18-14-7-8-14/h6,9,11,14,18H,3-5,7-8,10,12H2,1-2H3. The maximum Gasteiger partial charge on any atom is 0.0642 e. The first-order chi connectivity index (χ1) is 9.24. The predicted molar refractivity (Wildman–Crippen MR) is 84.1 cm³/mol. The zero-order chi connectivity index (χ0) is 13.7. The Morgan fingerprint density at radius 2 is 2.11 bits per heavy atom. The van der Waals surface area contributed by atoms with Gasteiger partial charge in [-0.3, -0.25) is 0 Å². The van der Waals surface area contributed by atoms with Crippen LogP contribution in [0.4, 0.5) is 5.69 Å². The van der Waals surface area contributed by atoms with Gasteiger partial charge in [0, 0.05) is 25.7 Å². The summed E-state index contributed by atoms with van der Waals surface area (Å²) in [7, 11) is 0. The maximum absolute atomic E-state index is 6.44. The highest BCUT2D eigenvalue weighted by atomic mass is 35.5. The van der Waals surface area contributed by atoms with Gasteiger partial charge in [-0.05, 0) is 43.9 Å². The number of hydrogen-bond acceptors (Lipinski definition) is 2. The van der Waals surface area contributed by atoms with Gasteiger partial charge in [0.2, 0.25) is 0 Å². The molecule has 1 fully saturated rings. The number of unbranched alkanes of at least 4 members (excludes halogenated alkanes) is 1. The van der Waals surface area contributed by atoms with Crippen LogP contribution in [-0.4, -0.2) is 19.1 Å². The normalized spacial score (nSPS) is 14.7. The number of nitrogens with zero attached hydrogens (tertiary/aromatic N) is 1. The fourth-order valence-corrected chi connectivity index (χ4v) is 2.59. The second-order valence-corrected chi connectivity index (χ2v) is 5.78. The molecule has 1 aliphatic rings. The third-order valence-electron chi connectivity index (χ3n) is 3.69. The number of halogens is 1. The molecule has 2 nitrogen and oxygen atoms in total. The molecule has 106 valence electrons. The van der Waals surface area contributed by atoms with Crippen LogP contribution in [-0.2, 0) is 6.54 Å². The number of benzene rings is 1. The van der Waals surface area contributed by atoms with E-state index in [1.807, 2.05) is 0 Å². The molecular formula is C16H25ClN2. The van der Waals surface area contributed by atoms with Crippen molar-refractivity contribution in [3.05, 3.63) is 28.8 Å². The first-order valence-corrected chi connectivity index (χ1v) is 7.89. The first-order valence-electron chi connectivity index (χ1n) is 7.51. The largest absolute Gasteiger partial charge is 0.371 e. The Morgan fingerprint density at radius 3 is 2.68 bits per heavy atom. The van der Waals surface area contributed by atoms with E-state index in [1.54, 1.807) is 0 Å². The minimum atomic E-state index is 0.746. The molecule has 0 bridgehead atoms. The van der Waals surface area contributed by atoms with Crippen LogP contribution in [0.1, 0.15) is 45.1 Å². The Bertz CT molecular complexity index is 402. The monoisotopic (exact) mass is 280 g/mol. The van der Waals surface area contributed by atoms with Crippen molar-refractivity contribution in [2.24, 2.45) is 0 Å². The fraction of sp³-hybridized carbons (Fsp3) is 0.625. The number of anilines is 1. The molecule has 0 saturated heterocycles. The maximum atomic E-state index is 6.44. The third kappa shape index (κ3) is 4.39. The Morgan fingerprint density at radius 1 is 1.32 bits per heavy atom. The molecule has 3 heteroatoms. The van der Waals surface area contributed by atoms with Crippen molar-refractivity contribution >= 4 is 17.3 Å². The molecule has 1 aromatic carbocycles. The van der Waals surface area contributed by atoms with E-state index in [1.165, 1.54) is 36.9 Å². The lowest BCUT2D eigenvalue weighted by molar-refractivity contribution is 0.687. The van der Waals surface area contributed by atoms with Crippen LogP contribution in [0, 0.1) is 0 Å². The summed E-state index contributed by atoms with van der Waals surface area (Å²) in [6, 6.07) is 7.23. The summed E-state index contributed by atoms with van der Waals surface area (Å²) < 4.78 is 0. The van der Waals surface area contributed by atoms with E-state index in [0.29, 0.717) is 0 Å². The van der Waals surface area contributed by atoms with Crippen LogP contribution in [0.5, 0.6) is 0 Å². The van der Waals surface area contributed by atoms with E-state index in [4.69, 9.17) is 11.6 Å². The predicted octanol–water partition coefficient (Wildman–Crippen LogP) is 4.22. The highest BCUT2D eigenvalue weighted by molar-refractivity contribution is 6.33. The minimum absolute atomic E-state index is 0.746. The Kier molecular flexibility index (Phi) is 5.53. The molecule has 19 heavy (non-hydrogen) atoms. The zero-order valence-electron chi connectivity index (χ0n) is 12.1. The van der Waals surface area contributed by atoms with Gasteiger partial charge in [0.1, 0.15) is 0 Å². The first kappa shape index (κ1) is 14.7. The van der Waals surface area contributed by atoms with Gasteiger partial charge in [0.05, 0.1) is 10.7 Å². The van der Waals surface area contributed by atoms with E-state index in [9.17, 15) is 0 Å². The van der Waals surface area contributed by atoms with Gasteiger partial charge in [-0.2, -0.15) is 0 Å². The van der Waals surface area contributed by atoms with E-state index in [2.05, 4.69) is 42.3 Å². The van der Waals surface area contributed by atoms with Gasteiger partial charge >= 0.3 is 0 Å². The summed E-state index contributed by atoms with van der Waals surface area (Å²) in [6.07, 6.45) is 5.09. The van der Waals surface area contributed by atoms with Crippen LogP contribution < -0.4 is 10.2 Å². The van der Waals surface area contributed by atoms with Crippen molar-refractivity contribution in [1.29, 1.82) is 0 Å². The lowest BCUT2D eigenvalue weighted by Crippen LogP contribution is -2.24. The molecule has 0 spiro atoms. The van der Waals surface area contributed by atoms with Crippen LogP contribution >= 0.6 is 11.6 Å². The molecule has 1 aliphatic carbocycles. The molecule has 0 atom stereocenters. The summed E-state index contributed by atoms with van der Waals surface area (Å²) >= 11 is 6.44. The molecule has 1 saturated carbocycles. The van der Waals surface area contributed by atoms with E-state index < -0.39 is 0 Å². The van der Waals surface area contributed by atoms with Gasteiger partial charge in [-0.1, -0.05) is 31.0 Å². The quantitative estimate of drug-likeness (QED) is 0.767. The number of nitrogens with one attached hydrogen (secondary N) is 1. The Labute approximate surface area is 122 Å². The fourth-order valence-electron chi connectivity index (χ4n) is 2.26. The van der Waals surface area contributed by atoms with E-state index >= 15 is 0 Å². The summed E-state index contributed by atoms with van der Waals surface area (Å²) in [5.41, 5.74) is 2.46. The molecule has 0 amide bonds. The molecule has 0 aliphatic heterocycles. The van der Waals surface area contributed by atoms with Gasteiger partial charge < -0.3 is 10.2 Å². The van der Waals surface area contributed by atoms with Gasteiger partial charge in [0.15, 0.2) is 0 Å². The van der Waals surface area contributed by atoms with Crippen molar-refractivity contribution in [3.8, 4) is 0 Å². The highest BCUT2D eigenvalue weighted by Gasteiger charge is 2.20. The van der Waals surface area contributed by atoms with Crippen LogP contribution in [0.3, 0.4) is 0 Å². The SMILES string of the molecule is CCCCN(CC)c1ccc(CNC2CC2)cc1Cl. The molecule has 0 aromatic heterocycles. The van der Waals surface area contributed by atoms with E-state index in [0.717, 1.165) is 30.7 Å². The molecule has 1 aromatic rings. The smallest absolute Gasteiger partial charge is 0.0642 e. The zero-order valence-corrected chi connectivity index (χ0v) is 12.8. The molecule has 0 radical (unpaired) electrons. The topological polar surface area (TPSA) is 15.3 Å². The van der Waals surface area contributed by atoms with Crippen molar-refractivity contribution in [2.45, 2.75) is 52.1 Å². The van der Waals surface area contributed by atoms with Crippen molar-refractivity contribution in [1.82, 2.24) is 5.32 Å². The molecular weight excluding hydrogens is 256 g/mol. The summed E-state index contributed by atoms with van der Waals surface area (Å²) in [6.45, 7) is 7.45. The Hall–Kier alpha value is -0.730. The van der Waals surface area contributed by atoms with Crippen LogP contribution in [0.15, 0.2) is 18.2 Å². The van der Waals surface area contributed by atoms with Crippen LogP contribution in [0.2, 0.25) is 5.02 Å². The van der Waals surface area contributed by atoms with E-state index in [-0.39, 0.29) is 0 Å². The lowest BCUT2D eigenvalue weighted by Gasteiger charge is -2.24. The average Bonchev–Trinajstić information content (AvgIpc) is 3.23. The highest BCUT2D eigenvalue weighted by Crippen LogP contribution is 2.28. The average molecular weight is 281 g/mol. The van der Waals surface area contributed by atoms with Gasteiger partial charge in [0.25, 0.3) is 0 Å². The van der Waals surface area contributed by atoms with Crippen molar-refractivity contribution in [3.63, 3.8) is 0 Å². The second kappa shape index (κ2) is 7.16. The number of hydrogen-bond donors (Lipinski definition) is 1. The van der Waals surface area contributed by atoms with Gasteiger partial charge in [-0.25, -0.2) is 0 Å².